The summed E-state index contributed by atoms with van der Waals surface area (Å²) in [7, 11) is 0. The smallest absolute Gasteiger partial charge is 0.241 e. The summed E-state index contributed by atoms with van der Waals surface area (Å²) in [6.45, 7) is 1.38. The van der Waals surface area contributed by atoms with Crippen LogP contribution in [0.5, 0.6) is 0 Å². The molecule has 4 N–H and O–H groups in total. The molecule has 76 valence electrons. The van der Waals surface area contributed by atoms with Crippen molar-refractivity contribution in [3.05, 3.63) is 34.1 Å². The van der Waals surface area contributed by atoms with Gasteiger partial charge in [0.2, 0.25) is 5.91 Å². The van der Waals surface area contributed by atoms with Crippen LogP contribution in [0.15, 0.2) is 22.7 Å². The average Bonchev–Trinajstić information content (AvgIpc) is 2.08. The van der Waals surface area contributed by atoms with Crippen molar-refractivity contribution < 1.29 is 9.18 Å². The molecule has 1 rings (SSSR count). The molecule has 1 amide bonds. The lowest BCUT2D eigenvalue weighted by atomic mass is 9.92. The first-order valence-electron chi connectivity index (χ1n) is 3.90. The normalized spacial score (nSPS) is 14.9. The van der Waals surface area contributed by atoms with E-state index in [4.69, 9.17) is 11.5 Å². The fraction of sp³-hybridized carbons (Fsp3) is 0.222. The number of carbonyl (C=O) groups excluding carboxylic acids is 1. The summed E-state index contributed by atoms with van der Waals surface area (Å²) in [5.41, 5.74) is 9.28. The first-order valence-corrected chi connectivity index (χ1v) is 4.69. The van der Waals surface area contributed by atoms with E-state index in [2.05, 4.69) is 15.9 Å². The lowest BCUT2D eigenvalue weighted by molar-refractivity contribution is -0.122. The molecule has 0 aliphatic rings. The number of carbonyl (C=O) groups is 1. The van der Waals surface area contributed by atoms with Gasteiger partial charge in [0, 0.05) is 10.0 Å². The molecule has 3 nitrogen and oxygen atoms in total. The largest absolute Gasteiger partial charge is 0.368 e. The molecule has 1 aromatic carbocycles. The Morgan fingerprint density at radius 3 is 2.64 bits per heavy atom. The third-order valence-corrected chi connectivity index (χ3v) is 2.49. The number of benzene rings is 1. The molecule has 0 aromatic heterocycles. The molecule has 0 bridgehead atoms. The zero-order valence-corrected chi connectivity index (χ0v) is 9.14. The highest BCUT2D eigenvalue weighted by Gasteiger charge is 2.31. The molecule has 0 aliphatic carbocycles. The Balaban J connectivity index is 3.31. The van der Waals surface area contributed by atoms with Crippen LogP contribution in [0.25, 0.3) is 0 Å². The van der Waals surface area contributed by atoms with Crippen LogP contribution in [0, 0.1) is 5.82 Å². The van der Waals surface area contributed by atoms with Gasteiger partial charge in [0.05, 0.1) is 0 Å². The summed E-state index contributed by atoms with van der Waals surface area (Å²) < 4.78 is 14.0. The molecule has 0 aliphatic heterocycles. The predicted octanol–water partition coefficient (Wildman–Crippen LogP) is 1.25. The molecule has 0 spiro atoms. The number of halogens is 2. The zero-order valence-electron chi connectivity index (χ0n) is 7.55. The van der Waals surface area contributed by atoms with Crippen LogP contribution in [0.3, 0.4) is 0 Å². The maximum atomic E-state index is 13.3. The van der Waals surface area contributed by atoms with Crippen LogP contribution in [-0.2, 0) is 10.3 Å². The number of hydrogen-bond donors (Lipinski definition) is 2. The molecule has 0 heterocycles. The Morgan fingerprint density at radius 1 is 1.57 bits per heavy atom. The first-order chi connectivity index (χ1) is 6.35. The Kier molecular flexibility index (Phi) is 2.92. The highest BCUT2D eigenvalue weighted by Crippen LogP contribution is 2.24. The molecule has 1 unspecified atom stereocenters. The van der Waals surface area contributed by atoms with Crippen molar-refractivity contribution in [3.8, 4) is 0 Å². The van der Waals surface area contributed by atoms with Gasteiger partial charge in [0.1, 0.15) is 11.4 Å². The number of amides is 1. The van der Waals surface area contributed by atoms with Gasteiger partial charge in [-0.15, -0.1) is 0 Å². The minimum Gasteiger partial charge on any atom is -0.368 e. The van der Waals surface area contributed by atoms with Gasteiger partial charge < -0.3 is 11.5 Å². The summed E-state index contributed by atoms with van der Waals surface area (Å²) in [5.74, 6) is -1.31. The van der Waals surface area contributed by atoms with E-state index >= 15 is 0 Å². The Bertz CT molecular complexity index is 379. The van der Waals surface area contributed by atoms with Gasteiger partial charge in [0.15, 0.2) is 0 Å². The van der Waals surface area contributed by atoms with Crippen LogP contribution in [0.4, 0.5) is 4.39 Å². The van der Waals surface area contributed by atoms with Gasteiger partial charge in [-0.1, -0.05) is 15.9 Å². The quantitative estimate of drug-likeness (QED) is 0.841. The highest BCUT2D eigenvalue weighted by molar-refractivity contribution is 9.10. The summed E-state index contributed by atoms with van der Waals surface area (Å²) >= 11 is 3.16. The van der Waals surface area contributed by atoms with Crippen molar-refractivity contribution in [1.82, 2.24) is 0 Å². The second-order valence-corrected chi connectivity index (χ2v) is 4.11. The molecular formula is C9H10BrFN2O. The summed E-state index contributed by atoms with van der Waals surface area (Å²) in [4.78, 5) is 11.0. The van der Waals surface area contributed by atoms with Crippen LogP contribution in [-0.4, -0.2) is 5.91 Å². The molecular weight excluding hydrogens is 251 g/mol. The van der Waals surface area contributed by atoms with Crippen molar-refractivity contribution in [1.29, 1.82) is 0 Å². The number of rotatable bonds is 2. The van der Waals surface area contributed by atoms with Gasteiger partial charge in [0.25, 0.3) is 0 Å². The van der Waals surface area contributed by atoms with Crippen LogP contribution in [0.2, 0.25) is 0 Å². The van der Waals surface area contributed by atoms with E-state index in [1.165, 1.54) is 25.1 Å². The lowest BCUT2D eigenvalue weighted by Crippen LogP contribution is -2.47. The number of hydrogen-bond acceptors (Lipinski definition) is 2. The SMILES string of the molecule is CC(N)(C(N)=O)c1cc(Br)ccc1F. The van der Waals surface area contributed by atoms with E-state index in [-0.39, 0.29) is 5.56 Å². The number of primary amides is 1. The maximum Gasteiger partial charge on any atom is 0.241 e. The Labute approximate surface area is 89.4 Å². The molecule has 0 saturated heterocycles. The van der Waals surface area contributed by atoms with E-state index < -0.39 is 17.3 Å². The van der Waals surface area contributed by atoms with E-state index in [1.807, 2.05) is 0 Å². The third-order valence-electron chi connectivity index (χ3n) is 2.00. The van der Waals surface area contributed by atoms with Crippen LogP contribution in [0.1, 0.15) is 12.5 Å². The standard InChI is InChI=1S/C9H10BrFN2O/c1-9(13,8(12)14)6-4-5(10)2-3-7(6)11/h2-4H,13H2,1H3,(H2,12,14). The zero-order chi connectivity index (χ0) is 10.9. The molecule has 0 fully saturated rings. The van der Waals surface area contributed by atoms with Gasteiger partial charge in [-0.3, -0.25) is 4.79 Å². The summed E-state index contributed by atoms with van der Waals surface area (Å²) in [6.07, 6.45) is 0. The molecule has 0 saturated carbocycles. The van der Waals surface area contributed by atoms with Crippen molar-refractivity contribution in [2.24, 2.45) is 11.5 Å². The molecule has 1 aromatic rings. The van der Waals surface area contributed by atoms with Gasteiger partial charge >= 0.3 is 0 Å². The Morgan fingerprint density at radius 2 is 2.14 bits per heavy atom. The summed E-state index contributed by atoms with van der Waals surface area (Å²) in [6, 6.07) is 4.20. The van der Waals surface area contributed by atoms with Gasteiger partial charge in [-0.2, -0.15) is 0 Å². The highest BCUT2D eigenvalue weighted by atomic mass is 79.9. The Hall–Kier alpha value is -0.940. The average molecular weight is 261 g/mol. The topological polar surface area (TPSA) is 69.1 Å². The second kappa shape index (κ2) is 3.67. The number of nitrogens with two attached hydrogens (primary N) is 2. The minimum absolute atomic E-state index is 0.0828. The van der Waals surface area contributed by atoms with Crippen molar-refractivity contribution >= 4 is 21.8 Å². The second-order valence-electron chi connectivity index (χ2n) is 3.19. The molecule has 0 radical (unpaired) electrons. The van der Waals surface area contributed by atoms with Gasteiger partial charge in [-0.25, -0.2) is 4.39 Å². The fourth-order valence-corrected chi connectivity index (χ4v) is 1.39. The van der Waals surface area contributed by atoms with Crippen molar-refractivity contribution in [3.63, 3.8) is 0 Å². The lowest BCUT2D eigenvalue weighted by Gasteiger charge is -2.21. The van der Waals surface area contributed by atoms with E-state index in [0.29, 0.717) is 4.47 Å². The maximum absolute atomic E-state index is 13.3. The minimum atomic E-state index is -1.49. The van der Waals surface area contributed by atoms with Crippen LogP contribution < -0.4 is 11.5 Å². The monoisotopic (exact) mass is 260 g/mol. The fourth-order valence-electron chi connectivity index (χ4n) is 1.03. The third kappa shape index (κ3) is 1.93. The predicted molar refractivity (Wildman–Crippen MR) is 54.8 cm³/mol. The van der Waals surface area contributed by atoms with Crippen LogP contribution >= 0.6 is 15.9 Å². The van der Waals surface area contributed by atoms with Gasteiger partial charge in [-0.05, 0) is 25.1 Å². The van der Waals surface area contributed by atoms with Crippen molar-refractivity contribution in [2.75, 3.05) is 0 Å². The van der Waals surface area contributed by atoms with Crippen molar-refractivity contribution in [2.45, 2.75) is 12.5 Å². The molecule has 5 heteroatoms. The van der Waals surface area contributed by atoms with E-state index in [1.54, 1.807) is 0 Å². The molecule has 1 atom stereocenters. The summed E-state index contributed by atoms with van der Waals surface area (Å²) in [5, 5.41) is 0. The van der Waals surface area contributed by atoms with E-state index in [0.717, 1.165) is 0 Å². The van der Waals surface area contributed by atoms with E-state index in [9.17, 15) is 9.18 Å². The first kappa shape index (κ1) is 11.1. The molecule has 14 heavy (non-hydrogen) atoms.